The first-order chi connectivity index (χ1) is 15.1. The van der Waals surface area contributed by atoms with Crippen LogP contribution in [0.5, 0.6) is 5.75 Å². The van der Waals surface area contributed by atoms with Crippen molar-refractivity contribution in [2.45, 2.75) is 11.5 Å². The third-order valence-corrected chi connectivity index (χ3v) is 5.33. The number of nitrogens with one attached hydrogen (secondary N) is 1. The van der Waals surface area contributed by atoms with Crippen molar-refractivity contribution in [2.75, 3.05) is 18.2 Å². The second-order valence-corrected chi connectivity index (χ2v) is 7.64. The maximum absolute atomic E-state index is 6.18. The van der Waals surface area contributed by atoms with Crippen LogP contribution in [0.25, 0.3) is 11.4 Å². The standard InChI is InChI=1S/C20H18ClN7O2S/c1-29-15-9-5-4-8-14(15)23-20-25-16(24-19(22)27-20)10-31-11-17-26-18(28-30-17)12-6-2-3-7-13(12)21/h2-9H,10-11H2,1H3,(H3,22,23,24,25,27). The van der Waals surface area contributed by atoms with Crippen LogP contribution >= 0.6 is 23.4 Å². The van der Waals surface area contributed by atoms with E-state index in [1.165, 1.54) is 11.8 Å². The number of nitrogens with two attached hydrogens (primary N) is 1. The molecule has 4 rings (SSSR count). The van der Waals surface area contributed by atoms with E-state index in [0.717, 1.165) is 11.3 Å². The number of nitrogens with zero attached hydrogens (tertiary/aromatic N) is 5. The van der Waals surface area contributed by atoms with Crippen LogP contribution in [0.1, 0.15) is 11.7 Å². The molecule has 11 heteroatoms. The molecule has 2 heterocycles. The summed E-state index contributed by atoms with van der Waals surface area (Å²) in [5.74, 6) is 3.57. The van der Waals surface area contributed by atoms with E-state index < -0.39 is 0 Å². The number of hydrogen-bond acceptors (Lipinski definition) is 10. The van der Waals surface area contributed by atoms with Crippen LogP contribution < -0.4 is 15.8 Å². The van der Waals surface area contributed by atoms with E-state index in [1.54, 1.807) is 13.2 Å². The van der Waals surface area contributed by atoms with Crippen LogP contribution in [0, 0.1) is 0 Å². The van der Waals surface area contributed by atoms with Crippen molar-refractivity contribution < 1.29 is 9.26 Å². The molecule has 2 aromatic carbocycles. The van der Waals surface area contributed by atoms with E-state index in [0.29, 0.717) is 45.8 Å². The Morgan fingerprint density at radius 3 is 2.68 bits per heavy atom. The summed E-state index contributed by atoms with van der Waals surface area (Å²) in [7, 11) is 1.60. The Labute approximate surface area is 187 Å². The summed E-state index contributed by atoms with van der Waals surface area (Å²) in [6.45, 7) is 0. The molecule has 9 nitrogen and oxygen atoms in total. The van der Waals surface area contributed by atoms with Crippen LogP contribution in [-0.2, 0) is 11.5 Å². The van der Waals surface area contributed by atoms with Crippen molar-refractivity contribution in [1.29, 1.82) is 0 Å². The molecule has 0 saturated heterocycles. The minimum Gasteiger partial charge on any atom is -0.495 e. The summed E-state index contributed by atoms with van der Waals surface area (Å²) >= 11 is 7.70. The van der Waals surface area contributed by atoms with Gasteiger partial charge in [-0.15, -0.1) is 11.8 Å². The molecule has 0 saturated carbocycles. The Morgan fingerprint density at radius 2 is 1.84 bits per heavy atom. The van der Waals surface area contributed by atoms with Crippen LogP contribution in [0.4, 0.5) is 17.6 Å². The van der Waals surface area contributed by atoms with Crippen LogP contribution in [-0.4, -0.2) is 32.2 Å². The van der Waals surface area contributed by atoms with Crippen molar-refractivity contribution in [1.82, 2.24) is 25.1 Å². The van der Waals surface area contributed by atoms with Crippen LogP contribution in [0.2, 0.25) is 5.02 Å². The molecule has 4 aromatic rings. The maximum atomic E-state index is 6.18. The highest BCUT2D eigenvalue weighted by Gasteiger charge is 2.12. The summed E-state index contributed by atoms with van der Waals surface area (Å²) in [6, 6.07) is 14.8. The molecule has 0 radical (unpaired) electrons. The molecular formula is C20H18ClN7O2S. The first kappa shape index (κ1) is 20.9. The second-order valence-electron chi connectivity index (χ2n) is 6.24. The molecular weight excluding hydrogens is 438 g/mol. The molecule has 0 spiro atoms. The van der Waals surface area contributed by atoms with Gasteiger partial charge >= 0.3 is 0 Å². The normalized spacial score (nSPS) is 10.8. The monoisotopic (exact) mass is 455 g/mol. The van der Waals surface area contributed by atoms with Gasteiger partial charge < -0.3 is 20.3 Å². The quantitative estimate of drug-likeness (QED) is 0.396. The van der Waals surface area contributed by atoms with Crippen molar-refractivity contribution in [3.05, 3.63) is 65.3 Å². The second kappa shape index (κ2) is 9.63. The van der Waals surface area contributed by atoms with E-state index in [2.05, 4.69) is 30.4 Å². The van der Waals surface area contributed by atoms with Crippen molar-refractivity contribution in [2.24, 2.45) is 0 Å². The molecule has 0 aliphatic rings. The number of anilines is 3. The minimum atomic E-state index is 0.127. The highest BCUT2D eigenvalue weighted by Crippen LogP contribution is 2.27. The summed E-state index contributed by atoms with van der Waals surface area (Å²) in [5, 5.41) is 7.67. The number of methoxy groups -OCH3 is 1. The molecule has 158 valence electrons. The zero-order chi connectivity index (χ0) is 21.6. The average Bonchev–Trinajstić information content (AvgIpc) is 3.23. The fourth-order valence-corrected chi connectivity index (χ4v) is 3.65. The summed E-state index contributed by atoms with van der Waals surface area (Å²) < 4.78 is 10.7. The van der Waals surface area contributed by atoms with E-state index in [9.17, 15) is 0 Å². The highest BCUT2D eigenvalue weighted by molar-refractivity contribution is 7.97. The SMILES string of the molecule is COc1ccccc1Nc1nc(N)nc(CSCc2nc(-c3ccccc3Cl)no2)n1. The number of benzene rings is 2. The lowest BCUT2D eigenvalue weighted by Gasteiger charge is -2.10. The van der Waals surface area contributed by atoms with Gasteiger partial charge in [0.2, 0.25) is 23.6 Å². The van der Waals surface area contributed by atoms with E-state index in [1.807, 2.05) is 42.5 Å². The number of hydrogen-bond donors (Lipinski definition) is 2. The van der Waals surface area contributed by atoms with Gasteiger partial charge in [-0.25, -0.2) is 0 Å². The van der Waals surface area contributed by atoms with Gasteiger partial charge in [0.15, 0.2) is 0 Å². The van der Waals surface area contributed by atoms with Gasteiger partial charge in [-0.05, 0) is 24.3 Å². The lowest BCUT2D eigenvalue weighted by atomic mass is 10.2. The Hall–Kier alpha value is -3.37. The fraction of sp³-hybridized carbons (Fsp3) is 0.150. The van der Waals surface area contributed by atoms with E-state index in [4.69, 9.17) is 26.6 Å². The molecule has 0 atom stereocenters. The fourth-order valence-electron chi connectivity index (χ4n) is 2.72. The molecule has 0 aliphatic carbocycles. The summed E-state index contributed by atoms with van der Waals surface area (Å²) in [5.41, 5.74) is 7.30. The lowest BCUT2D eigenvalue weighted by molar-refractivity contribution is 0.391. The predicted molar refractivity (Wildman–Crippen MR) is 120 cm³/mol. The van der Waals surface area contributed by atoms with Gasteiger partial charge in [0.25, 0.3) is 0 Å². The zero-order valence-electron chi connectivity index (χ0n) is 16.4. The van der Waals surface area contributed by atoms with E-state index >= 15 is 0 Å². The lowest BCUT2D eigenvalue weighted by Crippen LogP contribution is -2.07. The molecule has 3 N–H and O–H groups in total. The third kappa shape index (κ3) is 5.22. The molecule has 0 aliphatic heterocycles. The van der Waals surface area contributed by atoms with Crippen molar-refractivity contribution in [3.8, 4) is 17.1 Å². The minimum absolute atomic E-state index is 0.127. The molecule has 0 fully saturated rings. The molecule has 0 amide bonds. The largest absolute Gasteiger partial charge is 0.495 e. The molecule has 0 bridgehead atoms. The zero-order valence-corrected chi connectivity index (χ0v) is 18.0. The van der Waals surface area contributed by atoms with E-state index in [-0.39, 0.29) is 5.95 Å². The Kier molecular flexibility index (Phi) is 6.48. The maximum Gasteiger partial charge on any atom is 0.236 e. The average molecular weight is 456 g/mol. The van der Waals surface area contributed by atoms with Gasteiger partial charge in [0.05, 0.1) is 29.3 Å². The number of rotatable bonds is 8. The smallest absolute Gasteiger partial charge is 0.236 e. The molecule has 31 heavy (non-hydrogen) atoms. The van der Waals surface area contributed by atoms with Gasteiger partial charge in [0.1, 0.15) is 11.6 Å². The Balaban J connectivity index is 1.40. The molecule has 2 aromatic heterocycles. The summed E-state index contributed by atoms with van der Waals surface area (Å²) in [6.07, 6.45) is 0. The van der Waals surface area contributed by atoms with Crippen molar-refractivity contribution >= 4 is 40.9 Å². The number of aromatic nitrogens is 5. The number of nitrogen functional groups attached to an aromatic ring is 1. The van der Waals surface area contributed by atoms with Crippen LogP contribution in [0.3, 0.4) is 0 Å². The van der Waals surface area contributed by atoms with Crippen molar-refractivity contribution in [3.63, 3.8) is 0 Å². The van der Waals surface area contributed by atoms with Gasteiger partial charge in [-0.1, -0.05) is 41.0 Å². The number of thioether (sulfide) groups is 1. The number of para-hydroxylation sites is 2. The number of halogens is 1. The Bertz CT molecular complexity index is 1190. The first-order valence-electron chi connectivity index (χ1n) is 9.18. The van der Waals surface area contributed by atoms with Gasteiger partial charge in [0, 0.05) is 5.56 Å². The molecule has 0 unspecified atom stereocenters. The van der Waals surface area contributed by atoms with Gasteiger partial charge in [-0.2, -0.15) is 19.9 Å². The number of ether oxygens (including phenoxy) is 1. The Morgan fingerprint density at radius 1 is 1.03 bits per heavy atom. The van der Waals surface area contributed by atoms with Crippen LogP contribution in [0.15, 0.2) is 53.1 Å². The highest BCUT2D eigenvalue weighted by atomic mass is 35.5. The van der Waals surface area contributed by atoms with Gasteiger partial charge in [-0.3, -0.25) is 0 Å². The third-order valence-electron chi connectivity index (χ3n) is 4.09. The topological polar surface area (TPSA) is 125 Å². The predicted octanol–water partition coefficient (Wildman–Crippen LogP) is 4.34. The summed E-state index contributed by atoms with van der Waals surface area (Å²) in [4.78, 5) is 17.2. The first-order valence-corrected chi connectivity index (χ1v) is 10.7.